The minimum absolute atomic E-state index is 0. The van der Waals surface area contributed by atoms with Gasteiger partial charge in [0, 0.05) is 0 Å². The van der Waals surface area contributed by atoms with E-state index in [1.807, 2.05) is 0 Å². The van der Waals surface area contributed by atoms with Crippen LogP contribution in [0.25, 0.3) is 0 Å². The topological polar surface area (TPSA) is 453 Å². The summed E-state index contributed by atoms with van der Waals surface area (Å²) in [6.07, 6.45) is 0. The number of rotatable bonds is 0. The Morgan fingerprint density at radius 1 is 0.474 bits per heavy atom. The molecule has 19 heteroatoms. The summed E-state index contributed by atoms with van der Waals surface area (Å²) in [5.41, 5.74) is 0. The zero-order valence-corrected chi connectivity index (χ0v) is 8.94. The van der Waals surface area contributed by atoms with Gasteiger partial charge in [0.15, 0.2) is 17.4 Å². The van der Waals surface area contributed by atoms with Crippen molar-refractivity contribution in [2.45, 2.75) is 0 Å². The fraction of sp³-hybridized carbons (Fsp3) is 0. The van der Waals surface area contributed by atoms with E-state index in [2.05, 4.69) is 0 Å². The van der Waals surface area contributed by atoms with Crippen molar-refractivity contribution < 1.29 is 83.2 Å². The fourth-order valence-electron chi connectivity index (χ4n) is 0. The van der Waals surface area contributed by atoms with E-state index in [-0.39, 0.29) is 113 Å². The molecule has 0 bridgehead atoms. The van der Waals surface area contributed by atoms with E-state index in [9.17, 15) is 0 Å². The molecule has 0 aliphatic carbocycles. The summed E-state index contributed by atoms with van der Waals surface area (Å²) < 4.78 is 31.6. The third kappa shape index (κ3) is 6370. The van der Waals surface area contributed by atoms with Crippen molar-refractivity contribution >= 4 is 57.3 Å². The van der Waals surface area contributed by atoms with Crippen LogP contribution >= 0.6 is 0 Å². The molecule has 0 aromatic rings. The number of hydrogen-bond acceptors (Lipinski definition) is 2. The van der Waals surface area contributed by atoms with E-state index in [1.54, 1.807) is 0 Å². The molecule has 0 rings (SSSR count). The van der Waals surface area contributed by atoms with Gasteiger partial charge < -0.3 is 65.7 Å². The molecular weight excluding hydrogens is 338 g/mol. The second-order valence-corrected chi connectivity index (χ2v) is 1.34. The second kappa shape index (κ2) is 127. The molecule has 0 radical (unpaired) electrons. The summed E-state index contributed by atoms with van der Waals surface area (Å²) in [7, 11) is -4.67. The van der Waals surface area contributed by atoms with E-state index < -0.39 is 10.4 Å². The quantitative estimate of drug-likeness (QED) is 0.310. The van der Waals surface area contributed by atoms with Crippen molar-refractivity contribution in [3.8, 4) is 0 Å². The molecule has 0 unspecified atom stereocenters. The van der Waals surface area contributed by atoms with Gasteiger partial charge in [-0.15, -0.1) is 0 Å². The van der Waals surface area contributed by atoms with Crippen LogP contribution in [0.4, 0.5) is 0 Å². The molecule has 0 heterocycles. The Bertz CT molecular complexity index is 99.9. The standard InChI is InChI=1S/Al.Na.H2O4S.12H2O.4H/c;;1-5(2,3)4;;;;;;;;;;;;;;;;/h;;(H2,1,2,3,4);12*1H2;;;;. The van der Waals surface area contributed by atoms with E-state index in [0.717, 1.165) is 0 Å². The van der Waals surface area contributed by atoms with Gasteiger partial charge in [0.05, 0.1) is 0 Å². The molecule has 0 saturated heterocycles. The van der Waals surface area contributed by atoms with Gasteiger partial charge in [0.1, 0.15) is 0 Å². The van der Waals surface area contributed by atoms with Crippen LogP contribution in [0, 0.1) is 0 Å². The molecule has 19 heavy (non-hydrogen) atoms. The Hall–Kier alpha value is 0.922. The van der Waals surface area contributed by atoms with Gasteiger partial charge in [0.2, 0.25) is 0 Å². The Balaban J connectivity index is -0.000000000879. The predicted octanol–water partition coefficient (Wildman–Crippen LogP) is -12.4. The Morgan fingerprint density at radius 2 is 0.474 bits per heavy atom. The van der Waals surface area contributed by atoms with Crippen LogP contribution in [-0.4, -0.2) is 130 Å². The maximum absolute atomic E-state index is 8.74. The third-order valence-corrected chi connectivity index (χ3v) is 0. The van der Waals surface area contributed by atoms with Gasteiger partial charge in [0.25, 0.3) is 0 Å². The average molecular weight is 368 g/mol. The SMILES string of the molecule is O.O.O.O.O.O.O.O.O.O.O.O.O=S(=O)(O)O.[AlH3].[NaH]. The van der Waals surface area contributed by atoms with Gasteiger partial charge in [-0.2, -0.15) is 8.42 Å². The van der Waals surface area contributed by atoms with Crippen molar-refractivity contribution in [1.29, 1.82) is 0 Å². The minimum atomic E-state index is -4.67. The van der Waals surface area contributed by atoms with Crippen LogP contribution in [0.2, 0.25) is 0 Å². The Kier molecular flexibility index (Phi) is 1970. The first kappa shape index (κ1) is 294. The molecule has 0 amide bonds. The molecule has 0 aliphatic rings. The first-order valence-electron chi connectivity index (χ1n) is 0.698. The first-order chi connectivity index (χ1) is 2.00. The molecule has 0 aliphatic heterocycles. The average Bonchev–Trinajstić information content (AvgIpc) is 0.722. The third-order valence-electron chi connectivity index (χ3n) is 0. The molecule has 0 fully saturated rings. The van der Waals surface area contributed by atoms with Crippen molar-refractivity contribution in [2.75, 3.05) is 0 Å². The molecule has 0 aromatic heterocycles. The van der Waals surface area contributed by atoms with Crippen molar-refractivity contribution in [3.05, 3.63) is 0 Å². The van der Waals surface area contributed by atoms with Gasteiger partial charge in [-0.3, -0.25) is 9.11 Å². The molecule has 26 N–H and O–H groups in total. The Labute approximate surface area is 140 Å². The van der Waals surface area contributed by atoms with E-state index >= 15 is 0 Å². The van der Waals surface area contributed by atoms with Gasteiger partial charge in [-0.05, 0) is 0 Å². The molecule has 16 nitrogen and oxygen atoms in total. The van der Waals surface area contributed by atoms with E-state index in [1.165, 1.54) is 0 Å². The van der Waals surface area contributed by atoms with Crippen LogP contribution in [0.1, 0.15) is 0 Å². The van der Waals surface area contributed by atoms with Gasteiger partial charge in [-0.25, -0.2) is 0 Å². The second-order valence-electron chi connectivity index (χ2n) is 0.448. The van der Waals surface area contributed by atoms with Crippen molar-refractivity contribution in [3.63, 3.8) is 0 Å². The molecule has 0 spiro atoms. The van der Waals surface area contributed by atoms with Crippen molar-refractivity contribution in [2.24, 2.45) is 0 Å². The van der Waals surface area contributed by atoms with Crippen LogP contribution in [0.15, 0.2) is 0 Å². The zero-order chi connectivity index (χ0) is 4.50. The normalized spacial score (nSPS) is 3.05. The number of hydrogen-bond donors (Lipinski definition) is 2. The summed E-state index contributed by atoms with van der Waals surface area (Å²) in [6, 6.07) is 0. The van der Waals surface area contributed by atoms with Crippen LogP contribution in [0.3, 0.4) is 0 Å². The molecule has 0 saturated carbocycles. The summed E-state index contributed by atoms with van der Waals surface area (Å²) in [5.74, 6) is 0. The fourth-order valence-corrected chi connectivity index (χ4v) is 0. The summed E-state index contributed by atoms with van der Waals surface area (Å²) in [6.45, 7) is 0. The van der Waals surface area contributed by atoms with Crippen LogP contribution in [-0.2, 0) is 10.4 Å². The van der Waals surface area contributed by atoms with Crippen LogP contribution < -0.4 is 0 Å². The first-order valence-corrected chi connectivity index (χ1v) is 2.10. The van der Waals surface area contributed by atoms with E-state index in [4.69, 9.17) is 17.5 Å². The summed E-state index contributed by atoms with van der Waals surface area (Å²) in [5, 5.41) is 0. The van der Waals surface area contributed by atoms with E-state index in [0.29, 0.717) is 0 Å². The molecular formula is H30AlNaO16S. The Morgan fingerprint density at radius 3 is 0.474 bits per heavy atom. The maximum atomic E-state index is 8.74. The summed E-state index contributed by atoms with van der Waals surface area (Å²) >= 11 is 0. The van der Waals surface area contributed by atoms with Gasteiger partial charge >= 0.3 is 40.0 Å². The predicted molar refractivity (Wildman–Crippen MR) is 74.6 cm³/mol. The van der Waals surface area contributed by atoms with Gasteiger partial charge in [-0.1, -0.05) is 0 Å². The molecule has 136 valence electrons. The molecule has 0 aromatic carbocycles. The summed E-state index contributed by atoms with van der Waals surface area (Å²) in [4.78, 5) is 0. The van der Waals surface area contributed by atoms with Crippen molar-refractivity contribution in [1.82, 2.24) is 0 Å². The van der Waals surface area contributed by atoms with Crippen LogP contribution in [0.5, 0.6) is 0 Å². The monoisotopic (exact) mass is 368 g/mol. The zero-order valence-electron chi connectivity index (χ0n) is 8.12. The molecule has 0 atom stereocenters.